The molecule has 3 aliphatic heterocycles. The molecule has 0 N–H and O–H groups in total. The zero-order valence-electron chi connectivity index (χ0n) is 19.5. The average Bonchev–Trinajstić information content (AvgIpc) is 3.45. The fraction of sp³-hybridized carbons (Fsp3) is 1.00. The monoisotopic (exact) mass is 496 g/mol. The van der Waals surface area contributed by atoms with Crippen molar-refractivity contribution in [3.8, 4) is 0 Å². The van der Waals surface area contributed by atoms with Crippen LogP contribution in [0.1, 0.15) is 12.8 Å². The number of hydrogen-bond acceptors (Lipinski definition) is 8. The molecule has 0 amide bonds. The van der Waals surface area contributed by atoms with E-state index in [0.29, 0.717) is 38.6 Å². The van der Waals surface area contributed by atoms with Crippen LogP contribution >= 0.6 is 0 Å². The van der Waals surface area contributed by atoms with Gasteiger partial charge in [-0.3, -0.25) is 0 Å². The Balaban J connectivity index is 1.55. The Morgan fingerprint density at radius 3 is 1.40 bits per heavy atom. The van der Waals surface area contributed by atoms with Crippen LogP contribution in [0.4, 0.5) is 0 Å². The number of ether oxygens (including phenoxy) is 4. The summed E-state index contributed by atoms with van der Waals surface area (Å²) < 4.78 is 48.7. The number of hydrogen-bond donors (Lipinski definition) is 0. The Labute approximate surface area is 185 Å². The highest BCUT2D eigenvalue weighted by Crippen LogP contribution is 2.35. The van der Waals surface area contributed by atoms with Gasteiger partial charge in [0.1, 0.15) is 12.2 Å². The van der Waals surface area contributed by atoms with E-state index in [1.54, 1.807) is 0 Å². The SMILES string of the molecule is C[Si]1(C)O[Si](C)(C)O[Si](C)(CCCOCC2CO2)O[Si](C)(CCCOCC2CO2)O1. The zero-order valence-corrected chi connectivity index (χ0v) is 23.5. The molecule has 0 aromatic heterocycles. The van der Waals surface area contributed by atoms with Crippen LogP contribution in [0, 0.1) is 0 Å². The van der Waals surface area contributed by atoms with Gasteiger partial charge in [-0.25, -0.2) is 0 Å². The highest BCUT2D eigenvalue weighted by Gasteiger charge is 2.53. The molecule has 3 saturated heterocycles. The van der Waals surface area contributed by atoms with Crippen molar-refractivity contribution >= 4 is 34.2 Å². The van der Waals surface area contributed by atoms with Crippen molar-refractivity contribution in [1.82, 2.24) is 0 Å². The number of epoxide rings is 2. The van der Waals surface area contributed by atoms with E-state index in [4.69, 9.17) is 35.4 Å². The van der Waals surface area contributed by atoms with E-state index in [1.165, 1.54) is 0 Å². The van der Waals surface area contributed by atoms with Gasteiger partial charge in [0.05, 0.1) is 26.4 Å². The maximum absolute atomic E-state index is 6.88. The molecule has 0 spiro atoms. The summed E-state index contributed by atoms with van der Waals surface area (Å²) in [5.74, 6) is 0. The molecule has 176 valence electrons. The molecule has 3 aliphatic rings. The minimum Gasteiger partial charge on any atom is -0.416 e. The molecule has 4 atom stereocenters. The van der Waals surface area contributed by atoms with E-state index in [0.717, 1.165) is 38.1 Å². The summed E-state index contributed by atoms with van der Waals surface area (Å²) in [6.07, 6.45) is 2.43. The molecule has 0 aromatic rings. The van der Waals surface area contributed by atoms with Gasteiger partial charge in [0, 0.05) is 13.2 Å². The average molecular weight is 497 g/mol. The van der Waals surface area contributed by atoms with Crippen molar-refractivity contribution < 1.29 is 35.4 Å². The van der Waals surface area contributed by atoms with Crippen molar-refractivity contribution in [3.63, 3.8) is 0 Å². The summed E-state index contributed by atoms with van der Waals surface area (Å²) in [5.41, 5.74) is 0. The second-order valence-corrected chi connectivity index (χ2v) is 24.1. The molecule has 3 heterocycles. The Bertz CT molecular complexity index is 514. The molecule has 0 aromatic carbocycles. The maximum Gasteiger partial charge on any atom is 0.317 e. The fourth-order valence-corrected chi connectivity index (χ4v) is 26.2. The van der Waals surface area contributed by atoms with Gasteiger partial charge in [-0.2, -0.15) is 0 Å². The first-order valence-electron chi connectivity index (χ1n) is 11.2. The number of rotatable bonds is 12. The molecule has 0 bridgehead atoms. The van der Waals surface area contributed by atoms with Crippen molar-refractivity contribution in [2.45, 2.75) is 76.4 Å². The molecule has 4 unspecified atom stereocenters. The summed E-state index contributed by atoms with van der Waals surface area (Å²) >= 11 is 0. The lowest BCUT2D eigenvalue weighted by Gasteiger charge is -2.48. The first kappa shape index (κ1) is 25.2. The Hall–Kier alpha value is 0.548. The maximum atomic E-state index is 6.88. The van der Waals surface area contributed by atoms with Crippen LogP contribution in [0.15, 0.2) is 0 Å². The highest BCUT2D eigenvalue weighted by atomic mass is 28.5. The van der Waals surface area contributed by atoms with Gasteiger partial charge in [-0.05, 0) is 64.2 Å². The van der Waals surface area contributed by atoms with Crippen molar-refractivity contribution in [2.75, 3.05) is 39.6 Å². The third-order valence-electron chi connectivity index (χ3n) is 5.10. The van der Waals surface area contributed by atoms with Crippen molar-refractivity contribution in [1.29, 1.82) is 0 Å². The third kappa shape index (κ3) is 9.19. The van der Waals surface area contributed by atoms with Crippen LogP contribution in [0.5, 0.6) is 0 Å². The van der Waals surface area contributed by atoms with Gasteiger partial charge in [-0.15, -0.1) is 0 Å². The van der Waals surface area contributed by atoms with E-state index in [1.807, 2.05) is 0 Å². The normalized spacial score (nSPS) is 37.4. The van der Waals surface area contributed by atoms with Gasteiger partial charge in [-0.1, -0.05) is 0 Å². The summed E-state index contributed by atoms with van der Waals surface area (Å²) in [5, 5.41) is 0. The molecule has 0 radical (unpaired) electrons. The van der Waals surface area contributed by atoms with Crippen LogP contribution in [-0.2, 0) is 35.4 Å². The highest BCUT2D eigenvalue weighted by molar-refractivity contribution is 6.93. The van der Waals surface area contributed by atoms with Crippen molar-refractivity contribution in [2.24, 2.45) is 0 Å². The molecule has 12 heteroatoms. The van der Waals surface area contributed by atoms with E-state index < -0.39 is 34.2 Å². The molecule has 8 nitrogen and oxygen atoms in total. The molecular weight excluding hydrogens is 457 g/mol. The minimum atomic E-state index is -2.47. The standard InChI is InChI=1S/C18H40O8Si4/c1-27(2)23-28(3,4)25-30(6,12-8-10-20-14-18-16-22-18)26-29(5,24-27)11-7-9-19-13-17-15-21-17/h17-18H,7-16H2,1-6H3. The first-order chi connectivity index (χ1) is 14.0. The van der Waals surface area contributed by atoms with Crippen LogP contribution in [0.25, 0.3) is 0 Å². The van der Waals surface area contributed by atoms with Crippen LogP contribution in [0.3, 0.4) is 0 Å². The van der Waals surface area contributed by atoms with Gasteiger partial charge in [0.25, 0.3) is 0 Å². The fourth-order valence-electron chi connectivity index (χ4n) is 4.12. The summed E-state index contributed by atoms with van der Waals surface area (Å²) in [6.45, 7) is 17.2. The summed E-state index contributed by atoms with van der Waals surface area (Å²) in [6, 6.07) is 1.75. The Morgan fingerprint density at radius 2 is 1.03 bits per heavy atom. The Kier molecular flexibility index (Phi) is 8.57. The largest absolute Gasteiger partial charge is 0.416 e. The predicted molar refractivity (Wildman–Crippen MR) is 123 cm³/mol. The van der Waals surface area contributed by atoms with Crippen LogP contribution in [0.2, 0.25) is 51.4 Å². The topological polar surface area (TPSA) is 80.4 Å². The lowest BCUT2D eigenvalue weighted by Crippen LogP contribution is -2.65. The van der Waals surface area contributed by atoms with Crippen LogP contribution in [-0.4, -0.2) is 86.1 Å². The quantitative estimate of drug-likeness (QED) is 0.231. The van der Waals surface area contributed by atoms with E-state index >= 15 is 0 Å². The lowest BCUT2D eigenvalue weighted by molar-refractivity contribution is 0.114. The molecule has 3 fully saturated rings. The second-order valence-electron chi connectivity index (χ2n) is 9.74. The molecular formula is C18H40O8Si4. The summed E-state index contributed by atoms with van der Waals surface area (Å²) in [7, 11) is -9.61. The minimum absolute atomic E-state index is 0.302. The summed E-state index contributed by atoms with van der Waals surface area (Å²) in [4.78, 5) is 0. The van der Waals surface area contributed by atoms with E-state index in [2.05, 4.69) is 39.3 Å². The lowest BCUT2D eigenvalue weighted by atomic mass is 10.5. The molecule has 0 saturated carbocycles. The second kappa shape index (κ2) is 10.2. The van der Waals surface area contributed by atoms with Crippen LogP contribution < -0.4 is 0 Å². The van der Waals surface area contributed by atoms with Gasteiger partial charge < -0.3 is 35.4 Å². The van der Waals surface area contributed by atoms with Gasteiger partial charge in [0.15, 0.2) is 0 Å². The Morgan fingerprint density at radius 1 is 0.633 bits per heavy atom. The third-order valence-corrected chi connectivity index (χ3v) is 22.4. The van der Waals surface area contributed by atoms with E-state index in [9.17, 15) is 0 Å². The van der Waals surface area contributed by atoms with Gasteiger partial charge >= 0.3 is 34.2 Å². The molecule has 0 aliphatic carbocycles. The van der Waals surface area contributed by atoms with Crippen molar-refractivity contribution in [3.05, 3.63) is 0 Å². The zero-order chi connectivity index (χ0) is 21.9. The van der Waals surface area contributed by atoms with E-state index in [-0.39, 0.29) is 0 Å². The smallest absolute Gasteiger partial charge is 0.317 e. The van der Waals surface area contributed by atoms with Gasteiger partial charge in [0.2, 0.25) is 0 Å². The molecule has 3 rings (SSSR count). The predicted octanol–water partition coefficient (Wildman–Crippen LogP) is 3.23. The molecule has 30 heavy (non-hydrogen) atoms. The first-order valence-corrected chi connectivity index (χ1v) is 21.9.